The molecule has 7 nitrogen and oxygen atoms in total. The van der Waals surface area contributed by atoms with Gasteiger partial charge in [0, 0.05) is 13.1 Å². The molecule has 0 aliphatic heterocycles. The molecule has 40 heavy (non-hydrogen) atoms. The number of unbranched alkanes of at least 4 members (excludes halogenated alkanes) is 7. The van der Waals surface area contributed by atoms with E-state index in [1.54, 1.807) is 37.4 Å². The van der Waals surface area contributed by atoms with Gasteiger partial charge in [-0.15, -0.1) is 0 Å². The quantitative estimate of drug-likeness (QED) is 0.170. The van der Waals surface area contributed by atoms with Crippen molar-refractivity contribution in [3.8, 4) is 0 Å². The van der Waals surface area contributed by atoms with Crippen LogP contribution in [0.1, 0.15) is 116 Å². The van der Waals surface area contributed by atoms with Crippen molar-refractivity contribution in [2.75, 3.05) is 25.1 Å². The van der Waals surface area contributed by atoms with E-state index in [0.29, 0.717) is 25.3 Å². The summed E-state index contributed by atoms with van der Waals surface area (Å²) in [4.78, 5) is 42.4. The average Bonchev–Trinajstić information content (AvgIpc) is 2.89. The Kier molecular flexibility index (Phi) is 17.7. The van der Waals surface area contributed by atoms with E-state index in [2.05, 4.69) is 24.5 Å². The van der Waals surface area contributed by atoms with E-state index >= 15 is 0 Å². The second kappa shape index (κ2) is 19.8. The molecule has 0 fully saturated rings. The highest BCUT2D eigenvalue weighted by atomic mass is 32.2. The summed E-state index contributed by atoms with van der Waals surface area (Å²) in [5, 5.41) is 5.91. The number of carbonyl (C=O) groups excluding carboxylic acids is 3. The van der Waals surface area contributed by atoms with Crippen molar-refractivity contribution in [2.24, 2.45) is 0 Å². The van der Waals surface area contributed by atoms with Gasteiger partial charge in [0.25, 0.3) is 0 Å². The maximum Gasteiger partial charge on any atom is 0.408 e. The number of nitrogens with one attached hydrogen (secondary N) is 2. The summed E-state index contributed by atoms with van der Waals surface area (Å²) in [6.07, 6.45) is 11.2. The lowest BCUT2D eigenvalue weighted by Gasteiger charge is -2.34. The van der Waals surface area contributed by atoms with Crippen molar-refractivity contribution in [2.45, 2.75) is 123 Å². The van der Waals surface area contributed by atoms with E-state index in [4.69, 9.17) is 4.74 Å². The standard InChI is InChI=1S/C32H55N3O4S/c1-8-10-12-13-14-16-23-35(30(37)27(21-24-40-7)34-31(38)39-32(4,5)6)28(26-19-17-25(3)18-20-26)29(36)33-22-15-11-9-2/h17-20,27-28H,8-16,21-24H2,1-7H3,(H,33,36)(H,34,38). The van der Waals surface area contributed by atoms with Crippen LogP contribution >= 0.6 is 11.8 Å². The minimum absolute atomic E-state index is 0.180. The summed E-state index contributed by atoms with van der Waals surface area (Å²) >= 11 is 1.61. The Morgan fingerprint density at radius 3 is 2.12 bits per heavy atom. The molecule has 3 amide bonds. The number of aryl methyl sites for hydroxylation is 1. The van der Waals surface area contributed by atoms with Gasteiger partial charge in [-0.1, -0.05) is 88.6 Å². The Bertz CT molecular complexity index is 870. The van der Waals surface area contributed by atoms with Crippen LogP contribution in [0.15, 0.2) is 24.3 Å². The topological polar surface area (TPSA) is 87.7 Å². The maximum atomic E-state index is 14.2. The molecule has 8 heteroatoms. The molecule has 0 aliphatic carbocycles. The lowest BCUT2D eigenvalue weighted by molar-refractivity contribution is -0.142. The van der Waals surface area contributed by atoms with Gasteiger partial charge in [-0.2, -0.15) is 11.8 Å². The number of thioether (sulfide) groups is 1. The minimum Gasteiger partial charge on any atom is -0.444 e. The van der Waals surface area contributed by atoms with Crippen LogP contribution in [0.4, 0.5) is 4.79 Å². The first-order valence-corrected chi connectivity index (χ1v) is 16.6. The highest BCUT2D eigenvalue weighted by molar-refractivity contribution is 7.98. The zero-order valence-corrected chi connectivity index (χ0v) is 27.0. The molecule has 0 saturated heterocycles. The van der Waals surface area contributed by atoms with Crippen LogP contribution in [0.3, 0.4) is 0 Å². The molecule has 228 valence electrons. The van der Waals surface area contributed by atoms with Crippen LogP contribution in [0, 0.1) is 6.92 Å². The highest BCUT2D eigenvalue weighted by Gasteiger charge is 2.35. The van der Waals surface area contributed by atoms with Crippen molar-refractivity contribution < 1.29 is 19.1 Å². The summed E-state index contributed by atoms with van der Waals surface area (Å²) in [7, 11) is 0. The average molecular weight is 578 g/mol. The van der Waals surface area contributed by atoms with Gasteiger partial charge < -0.3 is 20.3 Å². The minimum atomic E-state index is -0.789. The predicted octanol–water partition coefficient (Wildman–Crippen LogP) is 7.18. The Morgan fingerprint density at radius 2 is 1.52 bits per heavy atom. The molecule has 0 aliphatic rings. The van der Waals surface area contributed by atoms with E-state index in [0.717, 1.165) is 49.7 Å². The van der Waals surface area contributed by atoms with Gasteiger partial charge in [0.15, 0.2) is 0 Å². The molecule has 2 N–H and O–H groups in total. The molecule has 2 atom stereocenters. The lowest BCUT2D eigenvalue weighted by Crippen LogP contribution is -2.53. The van der Waals surface area contributed by atoms with Gasteiger partial charge >= 0.3 is 6.09 Å². The summed E-state index contributed by atoms with van der Waals surface area (Å²) < 4.78 is 5.49. The summed E-state index contributed by atoms with van der Waals surface area (Å²) in [6.45, 7) is 12.7. The highest BCUT2D eigenvalue weighted by Crippen LogP contribution is 2.25. The number of ether oxygens (including phenoxy) is 1. The summed E-state index contributed by atoms with van der Waals surface area (Å²) in [5.74, 6) is 0.262. The third kappa shape index (κ3) is 14.4. The Labute approximate surface area is 248 Å². The van der Waals surface area contributed by atoms with Crippen LogP contribution in [0.2, 0.25) is 0 Å². The molecular formula is C32H55N3O4S. The lowest BCUT2D eigenvalue weighted by atomic mass is 10.00. The number of hydrogen-bond donors (Lipinski definition) is 2. The zero-order chi connectivity index (χ0) is 30.0. The first-order chi connectivity index (χ1) is 19.0. The first kappa shape index (κ1) is 35.8. The van der Waals surface area contributed by atoms with Crippen LogP contribution in [0.25, 0.3) is 0 Å². The number of benzene rings is 1. The van der Waals surface area contributed by atoms with Gasteiger partial charge in [0.2, 0.25) is 11.8 Å². The molecule has 0 radical (unpaired) electrons. The van der Waals surface area contributed by atoms with Crippen LogP contribution in [-0.4, -0.2) is 59.5 Å². The van der Waals surface area contributed by atoms with E-state index in [1.807, 2.05) is 37.4 Å². The first-order valence-electron chi connectivity index (χ1n) is 15.2. The van der Waals surface area contributed by atoms with Crippen molar-refractivity contribution in [3.63, 3.8) is 0 Å². The Morgan fingerprint density at radius 1 is 0.925 bits per heavy atom. The number of hydrogen-bond acceptors (Lipinski definition) is 5. The predicted molar refractivity (Wildman–Crippen MR) is 168 cm³/mol. The molecular weight excluding hydrogens is 522 g/mol. The zero-order valence-electron chi connectivity index (χ0n) is 26.1. The normalized spacial score (nSPS) is 12.9. The van der Waals surface area contributed by atoms with Crippen molar-refractivity contribution in [1.29, 1.82) is 0 Å². The third-order valence-electron chi connectivity index (χ3n) is 6.67. The second-order valence-corrected chi connectivity index (χ2v) is 12.6. The number of alkyl carbamates (subject to hydrolysis) is 1. The van der Waals surface area contributed by atoms with Gasteiger partial charge in [0.05, 0.1) is 0 Å². The fourth-order valence-electron chi connectivity index (χ4n) is 4.48. The third-order valence-corrected chi connectivity index (χ3v) is 7.31. The van der Waals surface area contributed by atoms with Crippen molar-refractivity contribution in [3.05, 3.63) is 35.4 Å². The molecule has 0 saturated carbocycles. The molecule has 2 unspecified atom stereocenters. The van der Waals surface area contributed by atoms with Crippen LogP contribution in [-0.2, 0) is 14.3 Å². The van der Waals surface area contributed by atoms with Crippen LogP contribution < -0.4 is 10.6 Å². The Balaban J connectivity index is 3.36. The number of nitrogens with zero attached hydrogens (tertiary/aromatic N) is 1. The van der Waals surface area contributed by atoms with E-state index in [-0.39, 0.29) is 11.8 Å². The molecule has 1 aromatic rings. The van der Waals surface area contributed by atoms with Gasteiger partial charge in [-0.25, -0.2) is 4.79 Å². The number of carbonyl (C=O) groups is 3. The summed E-state index contributed by atoms with van der Waals surface area (Å²) in [5.41, 5.74) is 1.18. The second-order valence-electron chi connectivity index (χ2n) is 11.6. The SMILES string of the molecule is CCCCCCCCN(C(=O)C(CCSC)NC(=O)OC(C)(C)C)C(C(=O)NCCCCC)c1ccc(C)cc1. The van der Waals surface area contributed by atoms with Crippen LogP contribution in [0.5, 0.6) is 0 Å². The molecule has 0 heterocycles. The molecule has 0 spiro atoms. The molecule has 1 rings (SSSR count). The monoisotopic (exact) mass is 577 g/mol. The van der Waals surface area contributed by atoms with E-state index in [1.165, 1.54) is 19.3 Å². The fourth-order valence-corrected chi connectivity index (χ4v) is 4.95. The van der Waals surface area contributed by atoms with Crippen molar-refractivity contribution in [1.82, 2.24) is 15.5 Å². The number of amides is 3. The van der Waals surface area contributed by atoms with Crippen molar-refractivity contribution >= 4 is 29.7 Å². The van der Waals surface area contributed by atoms with Gasteiger partial charge in [0.1, 0.15) is 17.7 Å². The summed E-state index contributed by atoms with van der Waals surface area (Å²) in [6, 6.07) is 6.26. The van der Waals surface area contributed by atoms with Gasteiger partial charge in [-0.3, -0.25) is 9.59 Å². The van der Waals surface area contributed by atoms with E-state index in [9.17, 15) is 14.4 Å². The molecule has 0 aromatic heterocycles. The molecule has 1 aromatic carbocycles. The Hall–Kier alpha value is -2.22. The van der Waals surface area contributed by atoms with E-state index < -0.39 is 23.8 Å². The maximum absolute atomic E-state index is 14.2. The van der Waals surface area contributed by atoms with Gasteiger partial charge in [-0.05, 0) is 64.5 Å². The smallest absolute Gasteiger partial charge is 0.408 e. The largest absolute Gasteiger partial charge is 0.444 e. The molecule has 0 bridgehead atoms. The number of rotatable bonds is 19. The fraction of sp³-hybridized carbons (Fsp3) is 0.719.